The minimum Gasteiger partial charge on any atom is -0.353 e. The van der Waals surface area contributed by atoms with Gasteiger partial charge in [-0.15, -0.1) is 0 Å². The number of piperazine rings is 1. The monoisotopic (exact) mass is 258 g/mol. The quantitative estimate of drug-likeness (QED) is 0.776. The van der Waals surface area contributed by atoms with Crippen LogP contribution in [0.4, 0.5) is 5.69 Å². The molecule has 84 valence electrons. The molecule has 1 aromatic rings. The second-order valence-electron chi connectivity index (χ2n) is 3.43. The van der Waals surface area contributed by atoms with Gasteiger partial charge in [0.1, 0.15) is 0 Å². The molecule has 1 aliphatic heterocycles. The standard InChI is InChI=1S/C10H8Cl2N2O2/c11-7-2-1-6(3-8(7)12)14-4-9(15)13-10(16)5-14/h1-3H,4-5H2,(H,13,15,16). The Labute approximate surface area is 102 Å². The SMILES string of the molecule is O=C1CN(c2ccc(Cl)c(Cl)c2)CC(=O)N1. The second-order valence-corrected chi connectivity index (χ2v) is 4.24. The van der Waals surface area contributed by atoms with E-state index in [1.807, 2.05) is 0 Å². The smallest absolute Gasteiger partial charge is 0.246 e. The first-order valence-corrected chi connectivity index (χ1v) is 5.34. The number of benzene rings is 1. The number of carbonyl (C=O) groups excluding carboxylic acids is 2. The molecule has 1 aliphatic rings. The molecule has 1 N–H and O–H groups in total. The van der Waals surface area contributed by atoms with Crippen LogP contribution in [-0.4, -0.2) is 24.9 Å². The van der Waals surface area contributed by atoms with Crippen molar-refractivity contribution in [2.75, 3.05) is 18.0 Å². The lowest BCUT2D eigenvalue weighted by Crippen LogP contribution is -2.51. The summed E-state index contributed by atoms with van der Waals surface area (Å²) >= 11 is 11.6. The molecular formula is C10H8Cl2N2O2. The van der Waals surface area contributed by atoms with Crippen LogP contribution in [0.5, 0.6) is 0 Å². The fourth-order valence-corrected chi connectivity index (χ4v) is 1.79. The van der Waals surface area contributed by atoms with Crippen molar-refractivity contribution in [2.24, 2.45) is 0 Å². The van der Waals surface area contributed by atoms with Crippen molar-refractivity contribution in [2.45, 2.75) is 0 Å². The van der Waals surface area contributed by atoms with E-state index < -0.39 is 0 Å². The lowest BCUT2D eigenvalue weighted by atomic mass is 10.2. The number of nitrogens with one attached hydrogen (secondary N) is 1. The van der Waals surface area contributed by atoms with Crippen molar-refractivity contribution in [3.63, 3.8) is 0 Å². The number of anilines is 1. The van der Waals surface area contributed by atoms with E-state index in [2.05, 4.69) is 5.32 Å². The highest BCUT2D eigenvalue weighted by molar-refractivity contribution is 6.42. The van der Waals surface area contributed by atoms with E-state index in [0.717, 1.165) is 0 Å². The second kappa shape index (κ2) is 4.31. The minimum absolute atomic E-state index is 0.143. The maximum atomic E-state index is 11.2. The van der Waals surface area contributed by atoms with Gasteiger partial charge in [-0.2, -0.15) is 0 Å². The van der Waals surface area contributed by atoms with E-state index in [-0.39, 0.29) is 24.9 Å². The number of imide groups is 1. The Bertz CT molecular complexity index is 446. The molecule has 4 nitrogen and oxygen atoms in total. The van der Waals surface area contributed by atoms with E-state index >= 15 is 0 Å². The summed E-state index contributed by atoms with van der Waals surface area (Å²) in [5.41, 5.74) is 0.706. The molecule has 1 aromatic carbocycles. The highest BCUT2D eigenvalue weighted by Crippen LogP contribution is 2.27. The van der Waals surface area contributed by atoms with Crippen LogP contribution < -0.4 is 10.2 Å². The third-order valence-corrected chi connectivity index (χ3v) is 2.96. The Hall–Kier alpha value is -1.26. The normalized spacial score (nSPS) is 16.2. The molecule has 0 unspecified atom stereocenters. The summed E-state index contributed by atoms with van der Waals surface area (Å²) in [5, 5.41) is 3.07. The maximum absolute atomic E-state index is 11.2. The summed E-state index contributed by atoms with van der Waals surface area (Å²) in [6, 6.07) is 4.99. The molecule has 2 rings (SSSR count). The summed E-state index contributed by atoms with van der Waals surface area (Å²) in [4.78, 5) is 24.0. The van der Waals surface area contributed by atoms with Crippen molar-refractivity contribution in [3.8, 4) is 0 Å². The minimum atomic E-state index is -0.317. The number of rotatable bonds is 1. The van der Waals surface area contributed by atoms with E-state index in [1.165, 1.54) is 0 Å². The van der Waals surface area contributed by atoms with Crippen molar-refractivity contribution >= 4 is 40.7 Å². The average Bonchev–Trinajstić information content (AvgIpc) is 2.20. The van der Waals surface area contributed by atoms with Crippen molar-refractivity contribution in [1.29, 1.82) is 0 Å². The van der Waals surface area contributed by atoms with Gasteiger partial charge in [0.25, 0.3) is 0 Å². The maximum Gasteiger partial charge on any atom is 0.246 e. The van der Waals surface area contributed by atoms with Crippen LogP contribution in [0.3, 0.4) is 0 Å². The lowest BCUT2D eigenvalue weighted by Gasteiger charge is -2.27. The van der Waals surface area contributed by atoms with Crippen LogP contribution in [-0.2, 0) is 9.59 Å². The lowest BCUT2D eigenvalue weighted by molar-refractivity contribution is -0.130. The summed E-state index contributed by atoms with van der Waals surface area (Å²) in [7, 11) is 0. The molecule has 0 atom stereocenters. The largest absolute Gasteiger partial charge is 0.353 e. The molecule has 2 amide bonds. The van der Waals surface area contributed by atoms with Gasteiger partial charge in [-0.25, -0.2) is 0 Å². The zero-order chi connectivity index (χ0) is 11.7. The van der Waals surface area contributed by atoms with Crippen LogP contribution in [0.15, 0.2) is 18.2 Å². The van der Waals surface area contributed by atoms with Gasteiger partial charge in [0.05, 0.1) is 23.1 Å². The molecule has 0 spiro atoms. The molecule has 0 radical (unpaired) electrons. The summed E-state index contributed by atoms with van der Waals surface area (Å²) in [6.45, 7) is 0.285. The molecule has 16 heavy (non-hydrogen) atoms. The van der Waals surface area contributed by atoms with Crippen molar-refractivity contribution in [3.05, 3.63) is 28.2 Å². The first-order valence-electron chi connectivity index (χ1n) is 4.59. The van der Waals surface area contributed by atoms with Crippen molar-refractivity contribution < 1.29 is 9.59 Å². The molecular weight excluding hydrogens is 251 g/mol. The van der Waals surface area contributed by atoms with Gasteiger partial charge in [-0.05, 0) is 18.2 Å². The van der Waals surface area contributed by atoms with Crippen LogP contribution in [0.1, 0.15) is 0 Å². The van der Waals surface area contributed by atoms with Gasteiger partial charge in [0, 0.05) is 5.69 Å². The van der Waals surface area contributed by atoms with E-state index in [4.69, 9.17) is 23.2 Å². The average molecular weight is 259 g/mol. The highest BCUT2D eigenvalue weighted by Gasteiger charge is 2.22. The number of carbonyl (C=O) groups is 2. The number of hydrogen-bond acceptors (Lipinski definition) is 3. The molecule has 1 fully saturated rings. The highest BCUT2D eigenvalue weighted by atomic mass is 35.5. The van der Waals surface area contributed by atoms with Crippen LogP contribution in [0, 0.1) is 0 Å². The number of amides is 2. The Balaban J connectivity index is 2.26. The third-order valence-electron chi connectivity index (χ3n) is 2.22. The Morgan fingerprint density at radius 1 is 1.06 bits per heavy atom. The first kappa shape index (κ1) is 11.2. The van der Waals surface area contributed by atoms with E-state index in [1.54, 1.807) is 23.1 Å². The molecule has 0 aliphatic carbocycles. The van der Waals surface area contributed by atoms with Crippen LogP contribution in [0.2, 0.25) is 10.0 Å². The van der Waals surface area contributed by atoms with Crippen LogP contribution in [0.25, 0.3) is 0 Å². The summed E-state index contributed by atoms with van der Waals surface area (Å²) in [5.74, 6) is -0.635. The third kappa shape index (κ3) is 2.28. The molecule has 1 saturated heterocycles. The Morgan fingerprint density at radius 2 is 1.69 bits per heavy atom. The fourth-order valence-electron chi connectivity index (χ4n) is 1.50. The van der Waals surface area contributed by atoms with Crippen LogP contribution >= 0.6 is 23.2 Å². The Kier molecular flexibility index (Phi) is 3.03. The zero-order valence-corrected chi connectivity index (χ0v) is 9.68. The Morgan fingerprint density at radius 3 is 2.25 bits per heavy atom. The van der Waals surface area contributed by atoms with Gasteiger partial charge in [0.2, 0.25) is 11.8 Å². The predicted molar refractivity (Wildman–Crippen MR) is 61.8 cm³/mol. The summed E-state index contributed by atoms with van der Waals surface area (Å²) in [6.07, 6.45) is 0. The summed E-state index contributed by atoms with van der Waals surface area (Å²) < 4.78 is 0. The van der Waals surface area contributed by atoms with Gasteiger partial charge < -0.3 is 4.90 Å². The van der Waals surface area contributed by atoms with E-state index in [9.17, 15) is 9.59 Å². The number of hydrogen-bond donors (Lipinski definition) is 1. The van der Waals surface area contributed by atoms with Crippen molar-refractivity contribution in [1.82, 2.24) is 5.32 Å². The number of nitrogens with zero attached hydrogens (tertiary/aromatic N) is 1. The van der Waals surface area contributed by atoms with Gasteiger partial charge in [-0.3, -0.25) is 14.9 Å². The molecule has 6 heteroatoms. The zero-order valence-electron chi connectivity index (χ0n) is 8.17. The van der Waals surface area contributed by atoms with Gasteiger partial charge >= 0.3 is 0 Å². The van der Waals surface area contributed by atoms with Gasteiger partial charge in [-0.1, -0.05) is 23.2 Å². The van der Waals surface area contributed by atoms with Gasteiger partial charge in [0.15, 0.2) is 0 Å². The topological polar surface area (TPSA) is 49.4 Å². The number of halogens is 2. The molecule has 1 heterocycles. The molecule has 0 saturated carbocycles. The predicted octanol–water partition coefficient (Wildman–Crippen LogP) is 1.46. The fraction of sp³-hybridized carbons (Fsp3) is 0.200. The first-order chi connectivity index (χ1) is 7.56. The van der Waals surface area contributed by atoms with E-state index in [0.29, 0.717) is 15.7 Å². The molecule has 0 bridgehead atoms. The molecule has 0 aromatic heterocycles.